The van der Waals surface area contributed by atoms with Gasteiger partial charge in [0.2, 0.25) is 0 Å². The van der Waals surface area contributed by atoms with E-state index in [4.69, 9.17) is 4.42 Å². The van der Waals surface area contributed by atoms with Gasteiger partial charge in [-0.1, -0.05) is 146 Å². The van der Waals surface area contributed by atoms with E-state index < -0.39 is 0 Å². The molecule has 0 spiro atoms. The highest BCUT2D eigenvalue weighted by molar-refractivity contribution is 7.25. The molecular formula is C58H37NOS. The maximum absolute atomic E-state index is 6.13. The van der Waals surface area contributed by atoms with Gasteiger partial charge in [0.05, 0.1) is 0 Å². The zero-order valence-corrected chi connectivity index (χ0v) is 33.9. The Hall–Kier alpha value is -7.72. The van der Waals surface area contributed by atoms with Crippen molar-refractivity contribution in [2.75, 3.05) is 4.90 Å². The number of thiophene rings is 1. The lowest BCUT2D eigenvalue weighted by molar-refractivity contribution is 0.669. The van der Waals surface area contributed by atoms with Crippen LogP contribution in [0.15, 0.2) is 229 Å². The zero-order chi connectivity index (χ0) is 40.3. The lowest BCUT2D eigenvalue weighted by Crippen LogP contribution is -2.09. The molecule has 12 rings (SSSR count). The van der Waals surface area contributed by atoms with E-state index in [1.807, 2.05) is 23.5 Å². The van der Waals surface area contributed by atoms with E-state index in [1.54, 1.807) is 0 Å². The van der Waals surface area contributed by atoms with Crippen molar-refractivity contribution in [3.8, 4) is 44.5 Å². The second-order valence-corrected chi connectivity index (χ2v) is 16.8. The van der Waals surface area contributed by atoms with Crippen molar-refractivity contribution in [3.63, 3.8) is 0 Å². The van der Waals surface area contributed by atoms with Crippen LogP contribution in [0.1, 0.15) is 0 Å². The standard InChI is InChI=1S/C58H37NOS/c1-2-10-41-34-46(20-19-38(41)9-1)45-14-8-13-44(35-45)43-12-7-11-42(33-43)39-21-26-48(27-22-39)59(50-30-31-53-52-16-4-6-18-57(52)61-58(53)37-50)49-28-23-40(24-29-49)47-25-32-56-54(36-47)51-15-3-5-17-55(51)60-56/h1-37H. The summed E-state index contributed by atoms with van der Waals surface area (Å²) in [6.07, 6.45) is 0. The Balaban J connectivity index is 0.894. The van der Waals surface area contributed by atoms with Crippen LogP contribution in [0.5, 0.6) is 0 Å². The third kappa shape index (κ3) is 6.35. The third-order valence-corrected chi connectivity index (χ3v) is 13.2. The number of anilines is 3. The average Bonchev–Trinajstić information content (AvgIpc) is 3.90. The SMILES string of the molecule is c1cc(-c2ccc(N(c3ccc(-c4ccc5oc6ccccc6c5c4)cc3)c3ccc4c(c3)sc3ccccc34)cc2)cc(-c2cccc(-c3ccc4ccccc4c3)c2)c1. The number of hydrogen-bond donors (Lipinski definition) is 0. The number of hydrogen-bond acceptors (Lipinski definition) is 3. The molecule has 0 aliphatic heterocycles. The minimum atomic E-state index is 0.908. The van der Waals surface area contributed by atoms with Gasteiger partial charge in [-0.2, -0.15) is 0 Å². The number of benzene rings is 10. The molecule has 0 aliphatic carbocycles. The van der Waals surface area contributed by atoms with Crippen LogP contribution in [-0.2, 0) is 0 Å². The fraction of sp³-hybridized carbons (Fsp3) is 0. The quantitative estimate of drug-likeness (QED) is 0.160. The van der Waals surface area contributed by atoms with Crippen LogP contribution in [0.3, 0.4) is 0 Å². The molecule has 0 bridgehead atoms. The van der Waals surface area contributed by atoms with E-state index in [-0.39, 0.29) is 0 Å². The van der Waals surface area contributed by atoms with Crippen LogP contribution in [0.4, 0.5) is 17.1 Å². The summed E-state index contributed by atoms with van der Waals surface area (Å²) in [7, 11) is 0. The van der Waals surface area contributed by atoms with Crippen molar-refractivity contribution in [1.29, 1.82) is 0 Å². The lowest BCUT2D eigenvalue weighted by atomic mass is 9.95. The molecule has 61 heavy (non-hydrogen) atoms. The van der Waals surface area contributed by atoms with Crippen LogP contribution in [0.25, 0.3) is 97.4 Å². The molecular weight excluding hydrogens is 759 g/mol. The van der Waals surface area contributed by atoms with E-state index in [0.717, 1.165) is 50.1 Å². The van der Waals surface area contributed by atoms with Gasteiger partial charge in [-0.05, 0) is 134 Å². The summed E-state index contributed by atoms with van der Waals surface area (Å²) in [5.41, 5.74) is 14.7. The number of nitrogens with zero attached hydrogens (tertiary/aromatic N) is 1. The summed E-state index contributed by atoms with van der Waals surface area (Å²) >= 11 is 1.85. The molecule has 2 heterocycles. The molecule has 0 amide bonds. The van der Waals surface area contributed by atoms with Crippen LogP contribution in [0, 0.1) is 0 Å². The number of fused-ring (bicyclic) bond motifs is 7. The van der Waals surface area contributed by atoms with Crippen LogP contribution in [-0.4, -0.2) is 0 Å². The lowest BCUT2D eigenvalue weighted by Gasteiger charge is -2.26. The molecule has 2 aromatic heterocycles. The Kier molecular flexibility index (Phi) is 8.39. The van der Waals surface area contributed by atoms with Crippen molar-refractivity contribution in [2.45, 2.75) is 0 Å². The van der Waals surface area contributed by atoms with Gasteiger partial charge < -0.3 is 9.32 Å². The van der Waals surface area contributed by atoms with E-state index in [9.17, 15) is 0 Å². The largest absolute Gasteiger partial charge is 0.456 e. The van der Waals surface area contributed by atoms with Crippen LogP contribution < -0.4 is 4.90 Å². The molecule has 10 aromatic carbocycles. The smallest absolute Gasteiger partial charge is 0.135 e. The normalized spacial score (nSPS) is 11.6. The fourth-order valence-corrected chi connectivity index (χ4v) is 10.1. The van der Waals surface area contributed by atoms with Gasteiger partial charge in [0.15, 0.2) is 0 Å². The summed E-state index contributed by atoms with van der Waals surface area (Å²) in [5, 5.41) is 7.38. The van der Waals surface area contributed by atoms with E-state index in [1.165, 1.54) is 64.3 Å². The second kappa shape index (κ2) is 14.5. The molecule has 0 fully saturated rings. The molecule has 0 radical (unpaired) electrons. The minimum Gasteiger partial charge on any atom is -0.456 e. The summed E-state index contributed by atoms with van der Waals surface area (Å²) in [6, 6.07) is 81.3. The van der Waals surface area contributed by atoms with Crippen molar-refractivity contribution < 1.29 is 4.42 Å². The Morgan fingerprint density at radius 3 is 1.51 bits per heavy atom. The number of furan rings is 1. The first-order valence-electron chi connectivity index (χ1n) is 20.7. The van der Waals surface area contributed by atoms with Crippen molar-refractivity contribution in [2.24, 2.45) is 0 Å². The molecule has 0 N–H and O–H groups in total. The van der Waals surface area contributed by atoms with Crippen molar-refractivity contribution in [3.05, 3.63) is 224 Å². The molecule has 0 atom stereocenters. The summed E-state index contributed by atoms with van der Waals surface area (Å²) < 4.78 is 8.71. The maximum Gasteiger partial charge on any atom is 0.135 e. The molecule has 0 aliphatic rings. The third-order valence-electron chi connectivity index (χ3n) is 12.1. The first-order valence-corrected chi connectivity index (χ1v) is 21.5. The number of para-hydroxylation sites is 1. The molecule has 0 saturated heterocycles. The minimum absolute atomic E-state index is 0.908. The Bertz CT molecular complexity index is 3590. The van der Waals surface area contributed by atoms with E-state index >= 15 is 0 Å². The molecule has 286 valence electrons. The molecule has 3 heteroatoms. The highest BCUT2D eigenvalue weighted by Gasteiger charge is 2.16. The fourth-order valence-electron chi connectivity index (χ4n) is 8.94. The van der Waals surface area contributed by atoms with Gasteiger partial charge >= 0.3 is 0 Å². The monoisotopic (exact) mass is 795 g/mol. The molecule has 2 nitrogen and oxygen atoms in total. The van der Waals surface area contributed by atoms with Gasteiger partial charge in [-0.3, -0.25) is 0 Å². The average molecular weight is 796 g/mol. The Morgan fingerprint density at radius 1 is 0.279 bits per heavy atom. The highest BCUT2D eigenvalue weighted by atomic mass is 32.1. The molecule has 12 aromatic rings. The summed E-state index contributed by atoms with van der Waals surface area (Å²) in [5.74, 6) is 0. The van der Waals surface area contributed by atoms with E-state index in [2.05, 4.69) is 217 Å². The van der Waals surface area contributed by atoms with Crippen molar-refractivity contribution >= 4 is 81.3 Å². The molecule has 0 unspecified atom stereocenters. The van der Waals surface area contributed by atoms with E-state index in [0.29, 0.717) is 0 Å². The Morgan fingerprint density at radius 2 is 0.787 bits per heavy atom. The first-order chi connectivity index (χ1) is 30.2. The van der Waals surface area contributed by atoms with Crippen LogP contribution in [0.2, 0.25) is 0 Å². The second-order valence-electron chi connectivity index (χ2n) is 15.7. The summed E-state index contributed by atoms with van der Waals surface area (Å²) in [4.78, 5) is 2.37. The van der Waals surface area contributed by atoms with Gasteiger partial charge in [-0.15, -0.1) is 11.3 Å². The zero-order valence-electron chi connectivity index (χ0n) is 33.1. The predicted octanol–water partition coefficient (Wildman–Crippen LogP) is 17.2. The summed E-state index contributed by atoms with van der Waals surface area (Å²) in [6.45, 7) is 0. The topological polar surface area (TPSA) is 16.4 Å². The maximum atomic E-state index is 6.13. The van der Waals surface area contributed by atoms with Crippen LogP contribution >= 0.6 is 11.3 Å². The van der Waals surface area contributed by atoms with Crippen molar-refractivity contribution in [1.82, 2.24) is 0 Å². The number of rotatable bonds is 7. The van der Waals surface area contributed by atoms with Gasteiger partial charge in [0.25, 0.3) is 0 Å². The highest BCUT2D eigenvalue weighted by Crippen LogP contribution is 2.42. The predicted molar refractivity (Wildman–Crippen MR) is 261 cm³/mol. The first kappa shape index (κ1) is 35.2. The molecule has 0 saturated carbocycles. The van der Waals surface area contributed by atoms with Gasteiger partial charge in [-0.25, -0.2) is 0 Å². The van der Waals surface area contributed by atoms with Gasteiger partial charge in [0, 0.05) is 48.0 Å². The van der Waals surface area contributed by atoms with Gasteiger partial charge in [0.1, 0.15) is 11.2 Å². The Labute approximate surface area is 357 Å².